The number of rotatable bonds is 7. The average Bonchev–Trinajstić information content (AvgIpc) is 3.16. The molecule has 0 aliphatic carbocycles. The molecule has 4 N–H and O–H groups in total. The molecule has 4 rings (SSSR count). The summed E-state index contributed by atoms with van der Waals surface area (Å²) < 4.78 is 0. The Kier molecular flexibility index (Phi) is 6.22. The lowest BCUT2D eigenvalue weighted by molar-refractivity contribution is -0.126. The van der Waals surface area contributed by atoms with Crippen LogP contribution in [0.5, 0.6) is 0 Å². The summed E-state index contributed by atoms with van der Waals surface area (Å²) in [6, 6.07) is 13.1. The largest absolute Gasteiger partial charge is 0.346 e. The maximum Gasteiger partial charge on any atom is 0.254 e. The zero-order valence-corrected chi connectivity index (χ0v) is 17.8. The topological polar surface area (TPSA) is 116 Å². The van der Waals surface area contributed by atoms with Crippen LogP contribution >= 0.6 is 11.8 Å². The predicted molar refractivity (Wildman–Crippen MR) is 121 cm³/mol. The minimum absolute atomic E-state index is 0.165. The molecule has 2 aromatic carbocycles. The predicted octanol–water partition coefficient (Wildman–Crippen LogP) is 2.61. The zero-order chi connectivity index (χ0) is 21.8. The van der Waals surface area contributed by atoms with E-state index in [4.69, 9.17) is 0 Å². The minimum Gasteiger partial charge on any atom is -0.346 e. The van der Waals surface area contributed by atoms with Crippen molar-refractivity contribution < 1.29 is 14.4 Å². The second-order valence-corrected chi connectivity index (χ2v) is 8.29. The number of carbonyl (C=O) groups excluding carboxylic acids is 3. The normalized spacial score (nSPS) is 16.7. The number of aromatic amines is 1. The van der Waals surface area contributed by atoms with Gasteiger partial charge in [-0.05, 0) is 42.7 Å². The molecule has 1 aliphatic heterocycles. The van der Waals surface area contributed by atoms with Gasteiger partial charge in [0, 0.05) is 0 Å². The number of hydrogen-bond donors (Lipinski definition) is 4. The Morgan fingerprint density at radius 2 is 1.94 bits per heavy atom. The van der Waals surface area contributed by atoms with Crippen molar-refractivity contribution in [2.45, 2.75) is 24.9 Å². The van der Waals surface area contributed by atoms with Gasteiger partial charge in [0.15, 0.2) is 0 Å². The lowest BCUT2D eigenvalue weighted by atomic mass is 10.1. The van der Waals surface area contributed by atoms with Gasteiger partial charge in [0.05, 0.1) is 34.7 Å². The van der Waals surface area contributed by atoms with E-state index in [1.807, 2.05) is 30.5 Å². The number of benzene rings is 2. The van der Waals surface area contributed by atoms with E-state index < -0.39 is 11.9 Å². The number of nitrogens with zero attached hydrogens (tertiary/aromatic N) is 1. The molecule has 1 aromatic heterocycles. The van der Waals surface area contributed by atoms with E-state index in [0.717, 1.165) is 16.8 Å². The number of thioether (sulfide) groups is 1. The van der Waals surface area contributed by atoms with Crippen molar-refractivity contribution in [3.05, 3.63) is 59.9 Å². The molecule has 2 heterocycles. The second-order valence-electron chi connectivity index (χ2n) is 7.31. The molecular weight excluding hydrogens is 414 g/mol. The van der Waals surface area contributed by atoms with Crippen molar-refractivity contribution in [1.29, 1.82) is 0 Å². The van der Waals surface area contributed by atoms with Gasteiger partial charge in [-0.3, -0.25) is 14.4 Å². The van der Waals surface area contributed by atoms with Crippen molar-refractivity contribution >= 4 is 46.2 Å². The fourth-order valence-corrected chi connectivity index (χ4v) is 4.02. The third kappa shape index (κ3) is 4.72. The van der Waals surface area contributed by atoms with Crippen molar-refractivity contribution in [2.24, 2.45) is 0 Å². The van der Waals surface area contributed by atoms with E-state index in [2.05, 4.69) is 25.9 Å². The van der Waals surface area contributed by atoms with Crippen LogP contribution in [-0.2, 0) is 9.59 Å². The van der Waals surface area contributed by atoms with Crippen LogP contribution < -0.4 is 16.0 Å². The molecule has 0 saturated carbocycles. The monoisotopic (exact) mass is 437 g/mol. The highest BCUT2D eigenvalue weighted by molar-refractivity contribution is 7.98. The summed E-state index contributed by atoms with van der Waals surface area (Å²) in [4.78, 5) is 45.7. The van der Waals surface area contributed by atoms with Gasteiger partial charge in [0.25, 0.3) is 5.91 Å². The number of fused-ring (bicyclic) bond motifs is 2. The van der Waals surface area contributed by atoms with Crippen molar-refractivity contribution in [3.63, 3.8) is 0 Å². The lowest BCUT2D eigenvalue weighted by Gasteiger charge is -2.19. The number of nitrogens with one attached hydrogen (secondary N) is 4. The van der Waals surface area contributed by atoms with Gasteiger partial charge >= 0.3 is 0 Å². The van der Waals surface area contributed by atoms with Crippen LogP contribution in [0.1, 0.15) is 35.1 Å². The molecule has 0 radical (unpaired) electrons. The quantitative estimate of drug-likeness (QED) is 0.453. The summed E-state index contributed by atoms with van der Waals surface area (Å²) in [6.07, 6.45) is 2.52. The van der Waals surface area contributed by atoms with E-state index in [1.54, 1.807) is 36.0 Å². The molecule has 160 valence electrons. The summed E-state index contributed by atoms with van der Waals surface area (Å²) in [6.45, 7) is 0. The van der Waals surface area contributed by atoms with Gasteiger partial charge in [-0.1, -0.05) is 24.3 Å². The molecule has 0 bridgehead atoms. The molecule has 9 heteroatoms. The van der Waals surface area contributed by atoms with Crippen LogP contribution in [0.4, 0.5) is 5.69 Å². The molecule has 3 amide bonds. The number of para-hydroxylation sites is 3. The van der Waals surface area contributed by atoms with Gasteiger partial charge < -0.3 is 20.9 Å². The van der Waals surface area contributed by atoms with Gasteiger partial charge in [0.1, 0.15) is 11.9 Å². The number of H-pyrrole nitrogens is 1. The Balaban J connectivity index is 1.47. The van der Waals surface area contributed by atoms with Crippen LogP contribution in [0.25, 0.3) is 11.0 Å². The van der Waals surface area contributed by atoms with Crippen LogP contribution in [0.2, 0.25) is 0 Å². The Bertz CT molecular complexity index is 1100. The Labute approximate surface area is 183 Å². The fraction of sp³-hybridized carbons (Fsp3) is 0.273. The maximum absolute atomic E-state index is 12.8. The summed E-state index contributed by atoms with van der Waals surface area (Å²) in [5, 5.41) is 8.35. The molecule has 0 fully saturated rings. The zero-order valence-electron chi connectivity index (χ0n) is 17.0. The van der Waals surface area contributed by atoms with E-state index >= 15 is 0 Å². The molecule has 1 unspecified atom stereocenters. The Morgan fingerprint density at radius 1 is 1.16 bits per heavy atom. The van der Waals surface area contributed by atoms with Gasteiger partial charge in [-0.2, -0.15) is 11.8 Å². The van der Waals surface area contributed by atoms with Gasteiger partial charge in [-0.15, -0.1) is 0 Å². The van der Waals surface area contributed by atoms with Gasteiger partial charge in [0.2, 0.25) is 11.8 Å². The van der Waals surface area contributed by atoms with Crippen LogP contribution in [0.15, 0.2) is 48.5 Å². The third-order valence-electron chi connectivity index (χ3n) is 5.12. The average molecular weight is 438 g/mol. The number of anilines is 1. The van der Waals surface area contributed by atoms with Crippen molar-refractivity contribution in [3.8, 4) is 0 Å². The van der Waals surface area contributed by atoms with Crippen LogP contribution in [0, 0.1) is 0 Å². The van der Waals surface area contributed by atoms with E-state index in [1.165, 1.54) is 0 Å². The van der Waals surface area contributed by atoms with Crippen LogP contribution in [0.3, 0.4) is 0 Å². The maximum atomic E-state index is 12.8. The first-order chi connectivity index (χ1) is 15.0. The lowest BCUT2D eigenvalue weighted by Crippen LogP contribution is -2.45. The summed E-state index contributed by atoms with van der Waals surface area (Å²) in [5.74, 6) is 0.363. The summed E-state index contributed by atoms with van der Waals surface area (Å²) in [7, 11) is 0. The first-order valence-corrected chi connectivity index (χ1v) is 11.4. The number of aromatic nitrogens is 2. The highest BCUT2D eigenvalue weighted by atomic mass is 32.2. The highest BCUT2D eigenvalue weighted by Crippen LogP contribution is 2.21. The number of imidazole rings is 1. The van der Waals surface area contributed by atoms with E-state index in [0.29, 0.717) is 23.5 Å². The summed E-state index contributed by atoms with van der Waals surface area (Å²) in [5.41, 5.74) is 2.54. The fourth-order valence-electron chi connectivity index (χ4n) is 3.54. The number of hydrogen-bond acceptors (Lipinski definition) is 5. The molecule has 2 atom stereocenters. The smallest absolute Gasteiger partial charge is 0.254 e. The van der Waals surface area contributed by atoms with Crippen molar-refractivity contribution in [1.82, 2.24) is 20.6 Å². The highest BCUT2D eigenvalue weighted by Gasteiger charge is 2.30. The molecule has 1 aliphatic rings. The van der Waals surface area contributed by atoms with E-state index in [9.17, 15) is 14.4 Å². The minimum atomic E-state index is -0.961. The van der Waals surface area contributed by atoms with Gasteiger partial charge in [-0.25, -0.2) is 4.98 Å². The number of amides is 3. The van der Waals surface area contributed by atoms with E-state index in [-0.39, 0.29) is 24.3 Å². The molecule has 3 aromatic rings. The Morgan fingerprint density at radius 3 is 2.74 bits per heavy atom. The summed E-state index contributed by atoms with van der Waals surface area (Å²) >= 11 is 1.68. The standard InChI is InChI=1S/C22H23N5O3S/c1-31-11-10-17(20-24-15-8-4-5-9-16(15)25-20)23-19(28)12-18-22(30)26-14-7-3-2-6-13(14)21(29)27-18/h2-9,17-18H,10-12H2,1H3,(H,23,28)(H,24,25)(H,26,30)(H,27,29)/t17-,18?/m0/s1. The van der Waals surface area contributed by atoms with Crippen molar-refractivity contribution in [2.75, 3.05) is 17.3 Å². The van der Waals surface area contributed by atoms with Crippen LogP contribution in [-0.4, -0.2) is 45.7 Å². The SMILES string of the molecule is CSCC[C@H](NC(=O)CC1NC(=O)c2ccccc2NC1=O)c1nc2ccccc2[nH]1. The second kappa shape index (κ2) is 9.22. The number of carbonyl (C=O) groups is 3. The molecule has 31 heavy (non-hydrogen) atoms. The first-order valence-electron chi connectivity index (χ1n) is 9.99. The molecule has 0 spiro atoms. The molecule has 8 nitrogen and oxygen atoms in total. The Hall–Kier alpha value is -3.33. The first kappa shape index (κ1) is 20.9. The molecular formula is C22H23N5O3S. The third-order valence-corrected chi connectivity index (χ3v) is 5.77. The molecule has 0 saturated heterocycles.